The predicted octanol–water partition coefficient (Wildman–Crippen LogP) is 4.39. The molecule has 4 heteroatoms. The molecule has 0 atom stereocenters. The smallest absolute Gasteiger partial charge is 0.226 e. The topological polar surface area (TPSA) is 35.3 Å². The van der Waals surface area contributed by atoms with Gasteiger partial charge in [0, 0.05) is 10.4 Å². The minimum atomic E-state index is 0.628. The van der Waals surface area contributed by atoms with Crippen molar-refractivity contribution in [2.75, 3.05) is 7.11 Å². The highest BCUT2D eigenvalue weighted by molar-refractivity contribution is 7.15. The highest BCUT2D eigenvalue weighted by Crippen LogP contribution is 2.31. The number of hydrogen-bond donors (Lipinski definition) is 0. The van der Waals surface area contributed by atoms with E-state index >= 15 is 0 Å². The van der Waals surface area contributed by atoms with E-state index in [1.54, 1.807) is 24.6 Å². The molecule has 0 fully saturated rings. The molecule has 2 aromatic heterocycles. The van der Waals surface area contributed by atoms with Crippen LogP contribution in [0.25, 0.3) is 22.1 Å². The first kappa shape index (κ1) is 12.0. The summed E-state index contributed by atoms with van der Waals surface area (Å²) in [6.45, 7) is 2.08. The fourth-order valence-electron chi connectivity index (χ4n) is 1.82. The van der Waals surface area contributed by atoms with Gasteiger partial charge in [-0.25, -0.2) is 4.98 Å². The van der Waals surface area contributed by atoms with Gasteiger partial charge < -0.3 is 9.15 Å². The summed E-state index contributed by atoms with van der Waals surface area (Å²) in [4.78, 5) is 6.69. The Morgan fingerprint density at radius 2 is 1.89 bits per heavy atom. The third kappa shape index (κ3) is 2.39. The zero-order valence-electron chi connectivity index (χ0n) is 10.7. The second kappa shape index (κ2) is 4.90. The van der Waals surface area contributed by atoms with Crippen LogP contribution in [0, 0.1) is 6.92 Å². The van der Waals surface area contributed by atoms with E-state index in [0.717, 1.165) is 22.0 Å². The maximum atomic E-state index is 5.80. The summed E-state index contributed by atoms with van der Waals surface area (Å²) in [5, 5.41) is 0. The predicted molar refractivity (Wildman–Crippen MR) is 76.5 cm³/mol. The van der Waals surface area contributed by atoms with Gasteiger partial charge in [0.2, 0.25) is 5.89 Å². The van der Waals surface area contributed by atoms with Crippen LogP contribution in [0.3, 0.4) is 0 Å². The maximum Gasteiger partial charge on any atom is 0.226 e. The number of aryl methyl sites for hydroxylation is 1. The van der Waals surface area contributed by atoms with Crippen molar-refractivity contribution in [3.63, 3.8) is 0 Å². The molecular weight excluding hydrogens is 258 g/mol. The number of methoxy groups -OCH3 is 1. The summed E-state index contributed by atoms with van der Waals surface area (Å²) in [5.74, 6) is 2.26. The molecule has 0 bridgehead atoms. The molecule has 0 unspecified atom stereocenters. The van der Waals surface area contributed by atoms with Gasteiger partial charge in [0.1, 0.15) is 5.75 Å². The average molecular weight is 271 g/mol. The molecule has 0 aliphatic carbocycles. The van der Waals surface area contributed by atoms with Gasteiger partial charge >= 0.3 is 0 Å². The summed E-state index contributed by atoms with van der Waals surface area (Å²) in [6, 6.07) is 11.8. The first-order chi connectivity index (χ1) is 9.26. The van der Waals surface area contributed by atoms with Gasteiger partial charge in [0.05, 0.1) is 18.2 Å². The van der Waals surface area contributed by atoms with Crippen LogP contribution in [-0.2, 0) is 0 Å². The van der Waals surface area contributed by atoms with Crippen molar-refractivity contribution >= 4 is 11.3 Å². The lowest BCUT2D eigenvalue weighted by Gasteiger charge is -1.99. The zero-order chi connectivity index (χ0) is 13.2. The average Bonchev–Trinajstić information content (AvgIpc) is 3.07. The minimum Gasteiger partial charge on any atom is -0.497 e. The Bertz CT molecular complexity index is 682. The van der Waals surface area contributed by atoms with Crippen molar-refractivity contribution in [3.05, 3.63) is 47.5 Å². The molecule has 96 valence electrons. The van der Waals surface area contributed by atoms with Crippen LogP contribution in [0.15, 0.2) is 47.0 Å². The second-order valence-electron chi connectivity index (χ2n) is 4.17. The van der Waals surface area contributed by atoms with E-state index in [2.05, 4.69) is 24.0 Å². The molecule has 1 aromatic carbocycles. The van der Waals surface area contributed by atoms with E-state index in [0.29, 0.717) is 5.89 Å². The molecule has 19 heavy (non-hydrogen) atoms. The number of aromatic nitrogens is 1. The van der Waals surface area contributed by atoms with Crippen molar-refractivity contribution in [2.24, 2.45) is 0 Å². The van der Waals surface area contributed by atoms with E-state index in [-0.39, 0.29) is 0 Å². The van der Waals surface area contributed by atoms with E-state index < -0.39 is 0 Å². The highest BCUT2D eigenvalue weighted by atomic mass is 32.1. The van der Waals surface area contributed by atoms with Crippen LogP contribution in [-0.4, -0.2) is 12.1 Å². The standard InChI is InChI=1S/C15H13NO2S/c1-10-3-8-14(19-10)13-9-16-15(18-13)11-4-6-12(17-2)7-5-11/h3-9H,1-2H3. The van der Waals surface area contributed by atoms with Gasteiger partial charge in [0.25, 0.3) is 0 Å². The third-order valence-corrected chi connectivity index (χ3v) is 3.84. The molecule has 0 amide bonds. The Morgan fingerprint density at radius 1 is 1.11 bits per heavy atom. The first-order valence-electron chi connectivity index (χ1n) is 5.93. The Labute approximate surface area is 115 Å². The van der Waals surface area contributed by atoms with Crippen LogP contribution in [0.5, 0.6) is 5.75 Å². The Morgan fingerprint density at radius 3 is 2.53 bits per heavy atom. The van der Waals surface area contributed by atoms with Crippen LogP contribution < -0.4 is 4.74 Å². The Balaban J connectivity index is 1.91. The van der Waals surface area contributed by atoms with Crippen LogP contribution in [0.1, 0.15) is 4.88 Å². The van der Waals surface area contributed by atoms with Crippen molar-refractivity contribution < 1.29 is 9.15 Å². The van der Waals surface area contributed by atoms with Crippen LogP contribution in [0.4, 0.5) is 0 Å². The molecule has 3 rings (SSSR count). The fraction of sp³-hybridized carbons (Fsp3) is 0.133. The molecule has 3 nitrogen and oxygen atoms in total. The summed E-state index contributed by atoms with van der Waals surface area (Å²) in [5.41, 5.74) is 0.945. The molecule has 0 saturated heterocycles. The Hall–Kier alpha value is -2.07. The molecule has 0 aliphatic heterocycles. The van der Waals surface area contributed by atoms with Crippen molar-refractivity contribution in [1.82, 2.24) is 4.98 Å². The van der Waals surface area contributed by atoms with Crippen molar-refractivity contribution in [3.8, 4) is 27.8 Å². The van der Waals surface area contributed by atoms with Gasteiger partial charge in [-0.2, -0.15) is 0 Å². The summed E-state index contributed by atoms with van der Waals surface area (Å²) in [7, 11) is 1.65. The maximum absolute atomic E-state index is 5.80. The van der Waals surface area contributed by atoms with E-state index in [9.17, 15) is 0 Å². The fourth-order valence-corrected chi connectivity index (χ4v) is 2.64. The van der Waals surface area contributed by atoms with Gasteiger partial charge in [0.15, 0.2) is 5.76 Å². The normalized spacial score (nSPS) is 10.6. The monoisotopic (exact) mass is 271 g/mol. The van der Waals surface area contributed by atoms with Crippen LogP contribution >= 0.6 is 11.3 Å². The SMILES string of the molecule is COc1ccc(-c2ncc(-c3ccc(C)s3)o2)cc1. The number of rotatable bonds is 3. The molecular formula is C15H13NO2S. The largest absolute Gasteiger partial charge is 0.497 e. The van der Waals surface area contributed by atoms with E-state index in [1.165, 1.54) is 4.88 Å². The lowest BCUT2D eigenvalue weighted by atomic mass is 10.2. The summed E-state index contributed by atoms with van der Waals surface area (Å²) >= 11 is 1.70. The number of ether oxygens (including phenoxy) is 1. The van der Waals surface area contributed by atoms with Gasteiger partial charge in [-0.1, -0.05) is 0 Å². The first-order valence-corrected chi connectivity index (χ1v) is 6.75. The molecule has 0 radical (unpaired) electrons. The van der Waals surface area contributed by atoms with Crippen molar-refractivity contribution in [2.45, 2.75) is 6.92 Å². The Kier molecular flexibility index (Phi) is 3.09. The van der Waals surface area contributed by atoms with Crippen molar-refractivity contribution in [1.29, 1.82) is 0 Å². The number of benzene rings is 1. The molecule has 3 aromatic rings. The quantitative estimate of drug-likeness (QED) is 0.708. The number of oxazole rings is 1. The summed E-state index contributed by atoms with van der Waals surface area (Å²) < 4.78 is 10.9. The second-order valence-corrected chi connectivity index (χ2v) is 5.46. The van der Waals surface area contributed by atoms with Gasteiger partial charge in [-0.05, 0) is 43.3 Å². The summed E-state index contributed by atoms with van der Waals surface area (Å²) in [6.07, 6.45) is 1.77. The molecule has 0 aliphatic rings. The van der Waals surface area contributed by atoms with Gasteiger partial charge in [-0.3, -0.25) is 0 Å². The van der Waals surface area contributed by atoms with Crippen LogP contribution in [0.2, 0.25) is 0 Å². The van der Waals surface area contributed by atoms with E-state index in [1.807, 2.05) is 24.3 Å². The highest BCUT2D eigenvalue weighted by Gasteiger charge is 2.09. The van der Waals surface area contributed by atoms with E-state index in [4.69, 9.17) is 9.15 Å². The van der Waals surface area contributed by atoms with Gasteiger partial charge in [-0.15, -0.1) is 11.3 Å². The number of hydrogen-bond acceptors (Lipinski definition) is 4. The lowest BCUT2D eigenvalue weighted by molar-refractivity contribution is 0.415. The lowest BCUT2D eigenvalue weighted by Crippen LogP contribution is -1.82. The molecule has 0 N–H and O–H groups in total. The number of nitrogens with zero attached hydrogens (tertiary/aromatic N) is 1. The minimum absolute atomic E-state index is 0.628. The molecule has 0 saturated carbocycles. The molecule has 0 spiro atoms. The third-order valence-electron chi connectivity index (χ3n) is 2.83. The molecule has 2 heterocycles. The zero-order valence-corrected chi connectivity index (χ0v) is 11.5. The number of thiophene rings is 1.